The highest BCUT2D eigenvalue weighted by atomic mass is 79.9. The number of rotatable bonds is 3. The van der Waals surface area contributed by atoms with Gasteiger partial charge in [-0.3, -0.25) is 0 Å². The van der Waals surface area contributed by atoms with E-state index >= 15 is 0 Å². The van der Waals surface area contributed by atoms with E-state index in [0.29, 0.717) is 12.1 Å². The van der Waals surface area contributed by atoms with Crippen LogP contribution in [0.2, 0.25) is 0 Å². The first-order chi connectivity index (χ1) is 7.24. The van der Waals surface area contributed by atoms with E-state index in [4.69, 9.17) is 10.5 Å². The zero-order valence-corrected chi connectivity index (χ0v) is 11.0. The zero-order chi connectivity index (χ0) is 10.7. The maximum absolute atomic E-state index is 5.91. The fourth-order valence-corrected chi connectivity index (χ4v) is 3.37. The van der Waals surface area contributed by atoms with Gasteiger partial charge in [0.1, 0.15) is 0 Å². The van der Waals surface area contributed by atoms with Gasteiger partial charge in [0.2, 0.25) is 0 Å². The smallest absolute Gasteiger partial charge is 0.0813 e. The molecule has 1 aliphatic rings. The quantitative estimate of drug-likeness (QED) is 0.927. The Labute approximate surface area is 103 Å². The van der Waals surface area contributed by atoms with Gasteiger partial charge < -0.3 is 10.5 Å². The summed E-state index contributed by atoms with van der Waals surface area (Å²) in [6, 6.07) is 4.52. The summed E-state index contributed by atoms with van der Waals surface area (Å²) in [5, 5.41) is 0. The van der Waals surface area contributed by atoms with Gasteiger partial charge in [0, 0.05) is 10.9 Å². The van der Waals surface area contributed by atoms with E-state index in [-0.39, 0.29) is 0 Å². The minimum Gasteiger partial charge on any atom is -0.373 e. The second-order valence-electron chi connectivity index (χ2n) is 4.07. The van der Waals surface area contributed by atoms with Gasteiger partial charge in [0.05, 0.1) is 16.5 Å². The largest absolute Gasteiger partial charge is 0.373 e. The number of hydrogen-bond acceptors (Lipinski definition) is 3. The maximum Gasteiger partial charge on any atom is 0.0813 e. The molecule has 4 heteroatoms. The molecule has 0 radical (unpaired) electrons. The van der Waals surface area contributed by atoms with Crippen LogP contribution in [0.1, 0.15) is 30.6 Å². The molecule has 2 unspecified atom stereocenters. The summed E-state index contributed by atoms with van der Waals surface area (Å²) < 4.78 is 7.03. The van der Waals surface area contributed by atoms with Crippen molar-refractivity contribution >= 4 is 27.3 Å². The minimum atomic E-state index is 0.346. The van der Waals surface area contributed by atoms with Crippen molar-refractivity contribution in [2.45, 2.75) is 44.4 Å². The van der Waals surface area contributed by atoms with E-state index in [9.17, 15) is 0 Å². The third kappa shape index (κ3) is 3.55. The van der Waals surface area contributed by atoms with Gasteiger partial charge >= 0.3 is 0 Å². The van der Waals surface area contributed by atoms with Gasteiger partial charge in [-0.2, -0.15) is 0 Å². The predicted molar refractivity (Wildman–Crippen MR) is 67.0 cm³/mol. The summed E-state index contributed by atoms with van der Waals surface area (Å²) in [5.41, 5.74) is 5.91. The van der Waals surface area contributed by atoms with Gasteiger partial charge in [-0.15, -0.1) is 11.3 Å². The highest BCUT2D eigenvalue weighted by Crippen LogP contribution is 2.25. The van der Waals surface area contributed by atoms with Crippen LogP contribution in [0.3, 0.4) is 0 Å². The van der Waals surface area contributed by atoms with Crippen LogP contribution in [0.15, 0.2) is 15.9 Å². The second-order valence-corrected chi connectivity index (χ2v) is 6.61. The fraction of sp³-hybridized carbons (Fsp3) is 0.636. The van der Waals surface area contributed by atoms with E-state index < -0.39 is 0 Å². The van der Waals surface area contributed by atoms with Gasteiger partial charge in [-0.05, 0) is 53.7 Å². The molecule has 1 aliphatic carbocycles. The van der Waals surface area contributed by atoms with Crippen LogP contribution in [0, 0.1) is 0 Å². The lowest BCUT2D eigenvalue weighted by atomic mass is 9.94. The van der Waals surface area contributed by atoms with Gasteiger partial charge in [-0.25, -0.2) is 0 Å². The lowest BCUT2D eigenvalue weighted by Crippen LogP contribution is -2.32. The molecule has 2 nitrogen and oxygen atoms in total. The molecule has 2 rings (SSSR count). The van der Waals surface area contributed by atoms with Crippen LogP contribution in [-0.2, 0) is 11.3 Å². The molecule has 2 atom stereocenters. The van der Waals surface area contributed by atoms with Crippen molar-refractivity contribution in [3.8, 4) is 0 Å². The molecule has 1 aromatic heterocycles. The van der Waals surface area contributed by atoms with Crippen LogP contribution in [0.4, 0.5) is 0 Å². The van der Waals surface area contributed by atoms with Crippen molar-refractivity contribution in [3.63, 3.8) is 0 Å². The molecule has 84 valence electrons. The zero-order valence-electron chi connectivity index (χ0n) is 8.62. The fourth-order valence-electron chi connectivity index (χ4n) is 1.96. The standard InChI is InChI=1S/C11H16BrNOS/c12-11-5-4-10(15-11)7-14-9-3-1-2-8(13)6-9/h4-5,8-9H,1-3,6-7,13H2. The van der Waals surface area contributed by atoms with Crippen LogP contribution >= 0.6 is 27.3 Å². The Kier molecular flexibility index (Phi) is 4.20. The molecule has 0 aromatic carbocycles. The summed E-state index contributed by atoms with van der Waals surface area (Å²) in [7, 11) is 0. The molecule has 2 N–H and O–H groups in total. The SMILES string of the molecule is NC1CCCC(OCc2ccc(Br)s2)C1. The Balaban J connectivity index is 1.77. The lowest BCUT2D eigenvalue weighted by Gasteiger charge is -2.26. The van der Waals surface area contributed by atoms with Crippen molar-refractivity contribution in [2.24, 2.45) is 5.73 Å². The van der Waals surface area contributed by atoms with Crippen LogP contribution in [-0.4, -0.2) is 12.1 Å². The Hall–Kier alpha value is 0.1000. The first kappa shape index (κ1) is 11.6. The highest BCUT2D eigenvalue weighted by Gasteiger charge is 2.19. The van der Waals surface area contributed by atoms with Gasteiger partial charge in [0.25, 0.3) is 0 Å². The van der Waals surface area contributed by atoms with E-state index in [1.807, 2.05) is 0 Å². The Morgan fingerprint density at radius 1 is 1.47 bits per heavy atom. The number of ether oxygens (including phenoxy) is 1. The van der Waals surface area contributed by atoms with E-state index in [0.717, 1.165) is 19.4 Å². The molecule has 1 aromatic rings. The second kappa shape index (κ2) is 5.43. The summed E-state index contributed by atoms with van der Waals surface area (Å²) >= 11 is 5.19. The van der Waals surface area contributed by atoms with E-state index in [2.05, 4.69) is 28.1 Å². The third-order valence-corrected chi connectivity index (χ3v) is 4.35. The molecule has 1 fully saturated rings. The molecule has 1 heterocycles. The molecule has 0 saturated heterocycles. The van der Waals surface area contributed by atoms with Crippen LogP contribution < -0.4 is 5.73 Å². The first-order valence-corrected chi connectivity index (χ1v) is 6.96. The van der Waals surface area contributed by atoms with Crippen molar-refractivity contribution in [1.82, 2.24) is 0 Å². The molecule has 1 saturated carbocycles. The summed E-state index contributed by atoms with van der Waals surface area (Å²) in [4.78, 5) is 1.28. The lowest BCUT2D eigenvalue weighted by molar-refractivity contribution is 0.0136. The topological polar surface area (TPSA) is 35.2 Å². The molecule has 0 aliphatic heterocycles. The van der Waals surface area contributed by atoms with Crippen molar-refractivity contribution in [1.29, 1.82) is 0 Å². The number of nitrogens with two attached hydrogens (primary N) is 1. The summed E-state index contributed by atoms with van der Waals surface area (Å²) in [6.45, 7) is 0.730. The Morgan fingerprint density at radius 2 is 2.33 bits per heavy atom. The summed E-state index contributed by atoms with van der Waals surface area (Å²) in [6.07, 6.45) is 4.92. The number of halogens is 1. The average molecular weight is 290 g/mol. The Bertz CT molecular complexity index is 315. The molecule has 0 amide bonds. The van der Waals surface area contributed by atoms with Gasteiger partial charge in [-0.1, -0.05) is 0 Å². The molecular weight excluding hydrogens is 274 g/mol. The normalized spacial score (nSPS) is 26.8. The van der Waals surface area contributed by atoms with Crippen LogP contribution in [0.5, 0.6) is 0 Å². The molecule has 0 bridgehead atoms. The number of thiophene rings is 1. The minimum absolute atomic E-state index is 0.346. The van der Waals surface area contributed by atoms with E-state index in [1.54, 1.807) is 11.3 Å². The molecular formula is C11H16BrNOS. The average Bonchev–Trinajstić information content (AvgIpc) is 2.62. The third-order valence-electron chi connectivity index (χ3n) is 2.76. The summed E-state index contributed by atoms with van der Waals surface area (Å²) in [5.74, 6) is 0. The van der Waals surface area contributed by atoms with Crippen molar-refractivity contribution in [3.05, 3.63) is 20.8 Å². The number of hydrogen-bond donors (Lipinski definition) is 1. The first-order valence-electron chi connectivity index (χ1n) is 5.35. The maximum atomic E-state index is 5.91. The monoisotopic (exact) mass is 289 g/mol. The molecule has 15 heavy (non-hydrogen) atoms. The highest BCUT2D eigenvalue weighted by molar-refractivity contribution is 9.11. The van der Waals surface area contributed by atoms with Crippen molar-refractivity contribution in [2.75, 3.05) is 0 Å². The van der Waals surface area contributed by atoms with Crippen LogP contribution in [0.25, 0.3) is 0 Å². The molecule has 0 spiro atoms. The van der Waals surface area contributed by atoms with E-state index in [1.165, 1.54) is 21.5 Å². The van der Waals surface area contributed by atoms with Gasteiger partial charge in [0.15, 0.2) is 0 Å². The Morgan fingerprint density at radius 3 is 3.00 bits per heavy atom. The van der Waals surface area contributed by atoms with Crippen molar-refractivity contribution < 1.29 is 4.74 Å². The predicted octanol–water partition coefficient (Wildman–Crippen LogP) is 3.30.